The van der Waals surface area contributed by atoms with Crippen LogP contribution in [0.1, 0.15) is 24.0 Å². The predicted molar refractivity (Wildman–Crippen MR) is 119 cm³/mol. The van der Waals surface area contributed by atoms with Crippen molar-refractivity contribution in [1.82, 2.24) is 0 Å². The van der Waals surface area contributed by atoms with E-state index in [-0.39, 0.29) is 10.5 Å². The highest BCUT2D eigenvalue weighted by atomic mass is 32.2. The monoisotopic (exact) mass is 461 g/mol. The minimum absolute atomic E-state index is 0.116. The minimum Gasteiger partial charge on any atom is -0.494 e. The Morgan fingerprint density at radius 1 is 0.875 bits per heavy atom. The van der Waals surface area contributed by atoms with Gasteiger partial charge in [-0.05, 0) is 48.7 Å². The Bertz CT molecular complexity index is 1150. The maximum Gasteiger partial charge on any atom is 0.419 e. The van der Waals surface area contributed by atoms with Crippen LogP contribution in [0.5, 0.6) is 5.75 Å². The van der Waals surface area contributed by atoms with Gasteiger partial charge in [-0.2, -0.15) is 13.2 Å². The number of unbranched alkanes of at least 4 members (excludes halogenated alkanes) is 1. The van der Waals surface area contributed by atoms with Crippen LogP contribution in [0.2, 0.25) is 0 Å². The first-order valence-corrected chi connectivity index (χ1v) is 11.4. The Morgan fingerprint density at radius 2 is 1.53 bits per heavy atom. The predicted octanol–water partition coefficient (Wildman–Crippen LogP) is 6.38. The average Bonchev–Trinajstić information content (AvgIpc) is 2.76. The molecular weight excluding hydrogens is 439 g/mol. The first kappa shape index (κ1) is 23.4. The summed E-state index contributed by atoms with van der Waals surface area (Å²) >= 11 is 0. The normalized spacial score (nSPS) is 12.1. The van der Waals surface area contributed by atoms with Crippen LogP contribution in [-0.2, 0) is 16.2 Å². The van der Waals surface area contributed by atoms with Crippen LogP contribution in [0.4, 0.5) is 18.9 Å². The fourth-order valence-corrected chi connectivity index (χ4v) is 4.12. The van der Waals surface area contributed by atoms with E-state index in [0.29, 0.717) is 19.4 Å². The van der Waals surface area contributed by atoms with Gasteiger partial charge in [0.15, 0.2) is 0 Å². The van der Waals surface area contributed by atoms with Gasteiger partial charge < -0.3 is 4.74 Å². The second-order valence-corrected chi connectivity index (χ2v) is 8.57. The van der Waals surface area contributed by atoms with E-state index >= 15 is 0 Å². The molecule has 0 bridgehead atoms. The molecule has 0 spiro atoms. The number of hydrogen-bond donors (Lipinski definition) is 1. The van der Waals surface area contributed by atoms with Crippen molar-refractivity contribution < 1.29 is 26.3 Å². The van der Waals surface area contributed by atoms with Crippen molar-refractivity contribution in [2.24, 2.45) is 0 Å². The number of anilines is 1. The summed E-state index contributed by atoms with van der Waals surface area (Å²) in [6, 6.07) is 20.3. The van der Waals surface area contributed by atoms with E-state index in [1.165, 1.54) is 42.5 Å². The van der Waals surface area contributed by atoms with E-state index in [1.807, 2.05) is 30.3 Å². The fraction of sp³-hybridized carbons (Fsp3) is 0.167. The molecule has 0 unspecified atom stereocenters. The topological polar surface area (TPSA) is 55.4 Å². The van der Waals surface area contributed by atoms with E-state index in [2.05, 4.69) is 4.72 Å². The lowest BCUT2D eigenvalue weighted by molar-refractivity contribution is -0.137. The Balaban J connectivity index is 1.73. The summed E-state index contributed by atoms with van der Waals surface area (Å²) in [6.45, 7) is 0.428. The maximum atomic E-state index is 13.8. The first-order chi connectivity index (χ1) is 15.3. The highest BCUT2D eigenvalue weighted by Gasteiger charge is 2.36. The average molecular weight is 462 g/mol. The van der Waals surface area contributed by atoms with Crippen LogP contribution in [0.25, 0.3) is 6.08 Å². The number of halogens is 3. The Labute approximate surface area is 185 Å². The van der Waals surface area contributed by atoms with Crippen molar-refractivity contribution in [3.05, 3.63) is 96.1 Å². The van der Waals surface area contributed by atoms with Crippen LogP contribution in [0, 0.1) is 0 Å². The number of para-hydroxylation sites is 1. The fourth-order valence-electron chi connectivity index (χ4n) is 3.03. The molecule has 4 nitrogen and oxygen atoms in total. The van der Waals surface area contributed by atoms with Crippen LogP contribution >= 0.6 is 0 Å². The van der Waals surface area contributed by atoms with Crippen molar-refractivity contribution in [3.63, 3.8) is 0 Å². The lowest BCUT2D eigenvalue weighted by Gasteiger charge is -2.17. The highest BCUT2D eigenvalue weighted by molar-refractivity contribution is 7.92. The first-order valence-electron chi connectivity index (χ1n) is 9.90. The molecule has 0 aromatic heterocycles. The third-order valence-corrected chi connectivity index (χ3v) is 5.88. The number of nitrogens with one attached hydrogen (secondary N) is 1. The molecule has 1 N–H and O–H groups in total. The smallest absolute Gasteiger partial charge is 0.419 e. The Kier molecular flexibility index (Phi) is 7.58. The van der Waals surface area contributed by atoms with Crippen molar-refractivity contribution in [1.29, 1.82) is 0 Å². The third kappa shape index (κ3) is 6.37. The van der Waals surface area contributed by atoms with Gasteiger partial charge >= 0.3 is 6.18 Å². The second kappa shape index (κ2) is 10.4. The molecule has 0 aliphatic heterocycles. The second-order valence-electron chi connectivity index (χ2n) is 6.89. The number of hydrogen-bond acceptors (Lipinski definition) is 3. The number of allylic oxidation sites excluding steroid dienone is 1. The van der Waals surface area contributed by atoms with E-state index in [1.54, 1.807) is 12.1 Å². The molecule has 0 saturated heterocycles. The summed E-state index contributed by atoms with van der Waals surface area (Å²) < 4.78 is 74.1. The number of rotatable bonds is 9. The van der Waals surface area contributed by atoms with Gasteiger partial charge in [-0.1, -0.05) is 60.7 Å². The van der Waals surface area contributed by atoms with Gasteiger partial charge in [0, 0.05) is 0 Å². The van der Waals surface area contributed by atoms with Crippen LogP contribution in [0.15, 0.2) is 89.8 Å². The van der Waals surface area contributed by atoms with Crippen molar-refractivity contribution >= 4 is 21.8 Å². The zero-order chi connectivity index (χ0) is 23.0. The van der Waals surface area contributed by atoms with Gasteiger partial charge in [0.25, 0.3) is 10.0 Å². The summed E-state index contributed by atoms with van der Waals surface area (Å²) in [6.07, 6.45) is -0.650. The van der Waals surface area contributed by atoms with Gasteiger partial charge in [0.05, 0.1) is 22.8 Å². The van der Waals surface area contributed by atoms with Crippen LogP contribution in [-0.4, -0.2) is 15.0 Å². The number of sulfonamides is 1. The molecule has 3 rings (SSSR count). The maximum absolute atomic E-state index is 13.8. The van der Waals surface area contributed by atoms with E-state index in [0.717, 1.165) is 11.8 Å². The summed E-state index contributed by atoms with van der Waals surface area (Å²) in [4.78, 5) is -0.118. The zero-order valence-electron chi connectivity index (χ0n) is 17.0. The van der Waals surface area contributed by atoms with Gasteiger partial charge in [0.2, 0.25) is 0 Å². The Morgan fingerprint density at radius 3 is 2.19 bits per heavy atom. The van der Waals surface area contributed by atoms with Gasteiger partial charge in [-0.3, -0.25) is 4.72 Å². The molecule has 3 aromatic rings. The molecule has 32 heavy (non-hydrogen) atoms. The summed E-state index contributed by atoms with van der Waals surface area (Å²) in [7, 11) is -4.16. The molecule has 0 saturated carbocycles. The van der Waals surface area contributed by atoms with Crippen LogP contribution < -0.4 is 9.46 Å². The molecular formula is C24H22F3NO3S. The molecule has 0 atom stereocenters. The van der Waals surface area contributed by atoms with Crippen molar-refractivity contribution in [2.45, 2.75) is 23.9 Å². The number of ether oxygens (including phenoxy) is 1. The summed E-state index contributed by atoms with van der Waals surface area (Å²) in [5.41, 5.74) is -1.66. The quantitative estimate of drug-likeness (QED) is 0.376. The molecule has 168 valence electrons. The van der Waals surface area contributed by atoms with Crippen LogP contribution in [0.3, 0.4) is 0 Å². The van der Waals surface area contributed by atoms with E-state index in [4.69, 9.17) is 4.74 Å². The van der Waals surface area contributed by atoms with Gasteiger partial charge in [0.1, 0.15) is 5.75 Å². The lowest BCUT2D eigenvalue weighted by Crippen LogP contribution is -2.18. The van der Waals surface area contributed by atoms with E-state index in [9.17, 15) is 21.6 Å². The molecule has 0 heterocycles. The number of alkyl halides is 3. The lowest BCUT2D eigenvalue weighted by atomic mass is 10.0. The largest absolute Gasteiger partial charge is 0.494 e. The number of benzene rings is 3. The molecule has 0 amide bonds. The molecule has 0 radical (unpaired) electrons. The summed E-state index contributed by atoms with van der Waals surface area (Å²) in [5.74, 6) is 0.731. The zero-order valence-corrected chi connectivity index (χ0v) is 17.9. The third-order valence-electron chi connectivity index (χ3n) is 4.50. The molecule has 3 aromatic carbocycles. The minimum atomic E-state index is -4.74. The molecule has 0 fully saturated rings. The standard InChI is InChI=1S/C24H22F3NO3S/c25-24(26,27)23-19(11-4-3-9-18-31-20-13-5-1-6-14-20)12-10-17-22(23)28-32(29,30)21-15-7-2-8-16-21/h1-2,4-8,10-17,28H,3,9,18H2/b11-4+. The van der Waals surface area contributed by atoms with Gasteiger partial charge in [-0.15, -0.1) is 0 Å². The SMILES string of the molecule is O=S(=O)(Nc1cccc(/C=C/CCCOc2ccccc2)c1C(F)(F)F)c1ccccc1. The van der Waals surface area contributed by atoms with Gasteiger partial charge in [-0.25, -0.2) is 8.42 Å². The van der Waals surface area contributed by atoms with Crippen molar-refractivity contribution in [2.75, 3.05) is 11.3 Å². The molecule has 8 heteroatoms. The summed E-state index contributed by atoms with van der Waals surface area (Å²) in [5, 5.41) is 0. The van der Waals surface area contributed by atoms with E-state index < -0.39 is 27.5 Å². The molecule has 0 aliphatic rings. The Hall–Kier alpha value is -3.26. The molecule has 0 aliphatic carbocycles. The van der Waals surface area contributed by atoms with Crippen molar-refractivity contribution in [3.8, 4) is 5.75 Å². The highest BCUT2D eigenvalue weighted by Crippen LogP contribution is 2.39.